The molecule has 1 fully saturated rings. The first-order chi connectivity index (χ1) is 11.7. The van der Waals surface area contributed by atoms with E-state index in [2.05, 4.69) is 24.0 Å². The summed E-state index contributed by atoms with van der Waals surface area (Å²) < 4.78 is 0. The summed E-state index contributed by atoms with van der Waals surface area (Å²) in [6, 6.07) is 10.4. The summed E-state index contributed by atoms with van der Waals surface area (Å²) in [6.45, 7) is 3.04. The highest BCUT2D eigenvalue weighted by molar-refractivity contribution is 5.95. The van der Waals surface area contributed by atoms with E-state index in [-0.39, 0.29) is 18.6 Å². The molecule has 0 saturated carbocycles. The molecule has 1 aromatic heterocycles. The second kappa shape index (κ2) is 7.58. The van der Waals surface area contributed by atoms with Crippen molar-refractivity contribution in [2.45, 2.75) is 38.6 Å². The molecule has 1 aliphatic heterocycles. The quantitative estimate of drug-likeness (QED) is 0.916. The summed E-state index contributed by atoms with van der Waals surface area (Å²) >= 11 is 0. The molecule has 0 radical (unpaired) electrons. The van der Waals surface area contributed by atoms with Crippen LogP contribution >= 0.6 is 0 Å². The normalized spacial score (nSPS) is 17.2. The standard InChI is InChI=1S/C20H24N2O2/c1-15-5-2-6-16(11-15)17-12-18(14-21-13-17)20(24)22-9-3-7-19(22)8-4-10-23/h2,5-6,11-14,19,23H,3-4,7-10H2,1H3. The fourth-order valence-corrected chi connectivity index (χ4v) is 3.44. The lowest BCUT2D eigenvalue weighted by atomic mass is 10.0. The highest BCUT2D eigenvalue weighted by atomic mass is 16.3. The largest absolute Gasteiger partial charge is 0.396 e. The minimum Gasteiger partial charge on any atom is -0.396 e. The number of carbonyl (C=O) groups is 1. The van der Waals surface area contributed by atoms with Gasteiger partial charge in [0.25, 0.3) is 5.91 Å². The number of benzene rings is 1. The van der Waals surface area contributed by atoms with Gasteiger partial charge in [-0.3, -0.25) is 9.78 Å². The predicted octanol–water partition coefficient (Wildman–Crippen LogP) is 3.43. The number of carbonyl (C=O) groups excluding carboxylic acids is 1. The van der Waals surface area contributed by atoms with E-state index in [9.17, 15) is 4.79 Å². The van der Waals surface area contributed by atoms with E-state index >= 15 is 0 Å². The van der Waals surface area contributed by atoms with Crippen molar-refractivity contribution in [3.05, 3.63) is 53.9 Å². The van der Waals surface area contributed by atoms with Crippen LogP contribution in [0.2, 0.25) is 0 Å². The molecule has 3 rings (SSSR count). The molecule has 126 valence electrons. The first-order valence-electron chi connectivity index (χ1n) is 8.63. The molecule has 0 aliphatic carbocycles. The molecule has 0 bridgehead atoms. The Kier molecular flexibility index (Phi) is 5.26. The fourth-order valence-electron chi connectivity index (χ4n) is 3.44. The average Bonchev–Trinajstić information content (AvgIpc) is 3.08. The van der Waals surface area contributed by atoms with Crippen LogP contribution in [0.1, 0.15) is 41.6 Å². The molecule has 1 aliphatic rings. The van der Waals surface area contributed by atoms with Crippen molar-refractivity contribution in [3.63, 3.8) is 0 Å². The van der Waals surface area contributed by atoms with E-state index in [0.29, 0.717) is 5.56 Å². The predicted molar refractivity (Wildman–Crippen MR) is 94.8 cm³/mol. The SMILES string of the molecule is Cc1cccc(-c2cncc(C(=O)N3CCCC3CCCO)c2)c1. The van der Waals surface area contributed by atoms with Crippen LogP contribution in [0.5, 0.6) is 0 Å². The third-order valence-corrected chi connectivity index (χ3v) is 4.67. The molecule has 4 heteroatoms. The number of hydrogen-bond donors (Lipinski definition) is 1. The van der Waals surface area contributed by atoms with Gasteiger partial charge in [0.1, 0.15) is 0 Å². The maximum absolute atomic E-state index is 12.9. The maximum Gasteiger partial charge on any atom is 0.255 e. The van der Waals surface area contributed by atoms with Crippen molar-refractivity contribution >= 4 is 5.91 Å². The van der Waals surface area contributed by atoms with Gasteiger partial charge < -0.3 is 10.0 Å². The Bertz CT molecular complexity index is 714. The van der Waals surface area contributed by atoms with Gasteiger partial charge in [-0.2, -0.15) is 0 Å². The zero-order valence-electron chi connectivity index (χ0n) is 14.1. The molecule has 0 spiro atoms. The van der Waals surface area contributed by atoms with E-state index in [0.717, 1.165) is 43.4 Å². The highest BCUT2D eigenvalue weighted by Gasteiger charge is 2.29. The minimum absolute atomic E-state index is 0.0532. The van der Waals surface area contributed by atoms with E-state index in [1.54, 1.807) is 12.4 Å². The Labute approximate surface area is 143 Å². The van der Waals surface area contributed by atoms with Gasteiger partial charge in [0.05, 0.1) is 5.56 Å². The monoisotopic (exact) mass is 324 g/mol. The number of aromatic nitrogens is 1. The van der Waals surface area contributed by atoms with Crippen molar-refractivity contribution in [1.29, 1.82) is 0 Å². The van der Waals surface area contributed by atoms with Gasteiger partial charge in [-0.1, -0.05) is 29.8 Å². The fraction of sp³-hybridized carbons (Fsp3) is 0.400. The van der Waals surface area contributed by atoms with Gasteiger partial charge in [-0.05, 0) is 44.2 Å². The topological polar surface area (TPSA) is 53.4 Å². The average molecular weight is 324 g/mol. The number of aryl methyl sites for hydroxylation is 1. The van der Waals surface area contributed by atoms with E-state index in [4.69, 9.17) is 5.11 Å². The Morgan fingerprint density at radius 2 is 2.17 bits per heavy atom. The van der Waals surface area contributed by atoms with Crippen LogP contribution in [0.4, 0.5) is 0 Å². The summed E-state index contributed by atoms with van der Waals surface area (Å²) in [7, 11) is 0. The lowest BCUT2D eigenvalue weighted by Crippen LogP contribution is -2.35. The zero-order chi connectivity index (χ0) is 16.9. The Hall–Kier alpha value is -2.20. The molecule has 1 aromatic carbocycles. The van der Waals surface area contributed by atoms with Crippen molar-refractivity contribution < 1.29 is 9.90 Å². The highest BCUT2D eigenvalue weighted by Crippen LogP contribution is 2.25. The lowest BCUT2D eigenvalue weighted by Gasteiger charge is -2.24. The number of aliphatic hydroxyl groups excluding tert-OH is 1. The Morgan fingerprint density at radius 3 is 2.96 bits per heavy atom. The number of pyridine rings is 1. The Morgan fingerprint density at radius 1 is 1.29 bits per heavy atom. The van der Waals surface area contributed by atoms with Gasteiger partial charge >= 0.3 is 0 Å². The van der Waals surface area contributed by atoms with Crippen LogP contribution in [0.3, 0.4) is 0 Å². The van der Waals surface area contributed by atoms with Crippen molar-refractivity contribution in [2.24, 2.45) is 0 Å². The molecule has 1 N–H and O–H groups in total. The number of likely N-dealkylation sites (tertiary alicyclic amines) is 1. The molecule has 1 atom stereocenters. The number of hydrogen-bond acceptors (Lipinski definition) is 3. The van der Waals surface area contributed by atoms with E-state index in [1.165, 1.54) is 5.56 Å². The van der Waals surface area contributed by atoms with Crippen molar-refractivity contribution in [1.82, 2.24) is 9.88 Å². The third kappa shape index (κ3) is 3.65. The van der Waals surface area contributed by atoms with E-state index < -0.39 is 0 Å². The summed E-state index contributed by atoms with van der Waals surface area (Å²) in [5.74, 6) is 0.0532. The number of amides is 1. The number of nitrogens with zero attached hydrogens (tertiary/aromatic N) is 2. The van der Waals surface area contributed by atoms with Gasteiger partial charge in [-0.25, -0.2) is 0 Å². The van der Waals surface area contributed by atoms with Crippen LogP contribution in [0, 0.1) is 6.92 Å². The van der Waals surface area contributed by atoms with Crippen LogP contribution in [0.15, 0.2) is 42.7 Å². The third-order valence-electron chi connectivity index (χ3n) is 4.67. The molecular formula is C20H24N2O2. The summed E-state index contributed by atoms with van der Waals surface area (Å²) in [5, 5.41) is 9.04. The zero-order valence-corrected chi connectivity index (χ0v) is 14.1. The smallest absolute Gasteiger partial charge is 0.255 e. The summed E-state index contributed by atoms with van der Waals surface area (Å²) in [4.78, 5) is 19.1. The molecule has 2 heterocycles. The number of aliphatic hydroxyl groups is 1. The van der Waals surface area contributed by atoms with E-state index in [1.807, 2.05) is 23.1 Å². The summed E-state index contributed by atoms with van der Waals surface area (Å²) in [6.07, 6.45) is 7.13. The first kappa shape index (κ1) is 16.7. The van der Waals surface area contributed by atoms with Crippen LogP contribution < -0.4 is 0 Å². The molecule has 4 nitrogen and oxygen atoms in total. The van der Waals surface area contributed by atoms with Gasteiger partial charge in [0, 0.05) is 37.2 Å². The molecule has 1 unspecified atom stereocenters. The molecular weight excluding hydrogens is 300 g/mol. The van der Waals surface area contributed by atoms with Crippen LogP contribution in [-0.2, 0) is 0 Å². The second-order valence-electron chi connectivity index (χ2n) is 6.49. The Balaban J connectivity index is 1.82. The van der Waals surface area contributed by atoms with Crippen molar-refractivity contribution in [3.8, 4) is 11.1 Å². The maximum atomic E-state index is 12.9. The van der Waals surface area contributed by atoms with Crippen molar-refractivity contribution in [2.75, 3.05) is 13.2 Å². The van der Waals surface area contributed by atoms with Crippen LogP contribution in [-0.4, -0.2) is 40.1 Å². The molecule has 24 heavy (non-hydrogen) atoms. The molecule has 1 amide bonds. The number of rotatable bonds is 5. The molecule has 2 aromatic rings. The van der Waals surface area contributed by atoms with Crippen LogP contribution in [0.25, 0.3) is 11.1 Å². The second-order valence-corrected chi connectivity index (χ2v) is 6.49. The lowest BCUT2D eigenvalue weighted by molar-refractivity contribution is 0.0724. The van der Waals surface area contributed by atoms with Gasteiger partial charge in [0.15, 0.2) is 0 Å². The first-order valence-corrected chi connectivity index (χ1v) is 8.63. The van der Waals surface area contributed by atoms with Gasteiger partial charge in [0.2, 0.25) is 0 Å². The minimum atomic E-state index is 0.0532. The van der Waals surface area contributed by atoms with Gasteiger partial charge in [-0.15, -0.1) is 0 Å². The molecule has 1 saturated heterocycles. The summed E-state index contributed by atoms with van der Waals surface area (Å²) in [5.41, 5.74) is 3.88.